The summed E-state index contributed by atoms with van der Waals surface area (Å²) in [4.78, 5) is 0. The molecule has 0 spiro atoms. The zero-order valence-corrected chi connectivity index (χ0v) is 40.0. The molecule has 1 saturated carbocycles. The van der Waals surface area contributed by atoms with E-state index in [1.165, 1.54) is 38.4 Å². The molecule has 0 amide bonds. The van der Waals surface area contributed by atoms with E-state index in [9.17, 15) is 0 Å². The average molecular weight is 1020 g/mol. The third kappa shape index (κ3) is 7.25. The van der Waals surface area contributed by atoms with E-state index in [1.54, 1.807) is 28.2 Å². The second-order valence-electron chi connectivity index (χ2n) is 16.1. The Hall–Kier alpha value is -1.62. The van der Waals surface area contributed by atoms with Gasteiger partial charge in [0.1, 0.15) is 0 Å². The number of hydrogen-bond acceptors (Lipinski definition) is 0. The van der Waals surface area contributed by atoms with Crippen molar-refractivity contribution < 1.29 is 48.7 Å². The molecule has 0 N–H and O–H groups in total. The van der Waals surface area contributed by atoms with Crippen LogP contribution in [0.4, 0.5) is 0 Å². The van der Waals surface area contributed by atoms with Crippen LogP contribution in [0.15, 0.2) is 141 Å². The quantitative estimate of drug-likeness (QED) is 0.143. The van der Waals surface area contributed by atoms with Crippen LogP contribution in [0.3, 0.4) is 0 Å². The van der Waals surface area contributed by atoms with Crippen LogP contribution in [0.5, 0.6) is 0 Å². The number of fused-ring (bicyclic) bond motifs is 6. The molecular weight excluding hydrogens is 974 g/mol. The summed E-state index contributed by atoms with van der Waals surface area (Å²) in [5.41, 5.74) is 12.9. The van der Waals surface area contributed by atoms with Crippen LogP contribution in [0.2, 0.25) is 0 Å². The summed E-state index contributed by atoms with van der Waals surface area (Å²) in [6, 6.07) is 36.2. The molecule has 0 nitrogen and oxygen atoms in total. The molecule has 8 rings (SSSR count). The van der Waals surface area contributed by atoms with Gasteiger partial charge < -0.3 is 24.8 Å². The van der Waals surface area contributed by atoms with Crippen molar-refractivity contribution in [2.75, 3.05) is 0 Å². The summed E-state index contributed by atoms with van der Waals surface area (Å²) < 4.78 is 3.68. The van der Waals surface area contributed by atoms with Gasteiger partial charge in [-0.15, -0.1) is 6.92 Å². The minimum atomic E-state index is 0. The molecule has 4 aromatic rings. The maximum Gasteiger partial charge on any atom is -0.00969 e. The molecule has 5 heteroatoms. The van der Waals surface area contributed by atoms with Crippen LogP contribution < -0.4 is 24.8 Å². The van der Waals surface area contributed by atoms with Gasteiger partial charge in [-0.25, -0.2) is 18.1 Å². The SMILES string of the molecule is Brc1ccc([C](=[Hf+2])c2ccc(Br)cc2)cc1.C[C-]1C2=C3Cc4ccccc4C3=C3C=CCCC3C2(C)C(C)(C)C(C)(C)C1(C)C.[Cl-].[Cl-].c1cc[cH-]c1. The molecule has 0 aromatic heterocycles. The molecule has 0 aliphatic heterocycles. The van der Waals surface area contributed by atoms with Gasteiger partial charge in [-0.05, 0) is 40.6 Å². The molecule has 4 aromatic carbocycles. The summed E-state index contributed by atoms with van der Waals surface area (Å²) in [6.07, 6.45) is 8.50. The zero-order valence-electron chi connectivity index (χ0n) is 31.7. The third-order valence-corrected chi connectivity index (χ3v) is 16.7. The van der Waals surface area contributed by atoms with Gasteiger partial charge in [0.15, 0.2) is 0 Å². The Labute approximate surface area is 357 Å². The summed E-state index contributed by atoms with van der Waals surface area (Å²) in [6.45, 7) is 20.3. The molecule has 0 saturated heterocycles. The largest absolute Gasteiger partial charge is 1.00 e. The first-order valence-electron chi connectivity index (χ1n) is 18.0. The molecule has 2 unspecified atom stereocenters. The minimum Gasteiger partial charge on any atom is -1.00 e. The summed E-state index contributed by atoms with van der Waals surface area (Å²) in [7, 11) is 0. The van der Waals surface area contributed by atoms with Crippen LogP contribution in [-0.4, -0.2) is 3.26 Å². The van der Waals surface area contributed by atoms with Crippen LogP contribution in [0.25, 0.3) is 5.57 Å². The van der Waals surface area contributed by atoms with E-state index in [0.29, 0.717) is 5.92 Å². The molecule has 0 bridgehead atoms. The second-order valence-corrected chi connectivity index (χ2v) is 19.7. The van der Waals surface area contributed by atoms with Crippen molar-refractivity contribution in [1.82, 2.24) is 0 Å². The van der Waals surface area contributed by atoms with Gasteiger partial charge in [0.05, 0.1) is 0 Å². The first-order chi connectivity index (χ1) is 23.6. The number of allylic oxidation sites excluding steroid dienone is 6. The van der Waals surface area contributed by atoms with Crippen molar-refractivity contribution in [2.45, 2.75) is 74.7 Å². The Morgan fingerprint density at radius 3 is 1.81 bits per heavy atom. The molecule has 0 heterocycles. The van der Waals surface area contributed by atoms with Crippen molar-refractivity contribution in [1.29, 1.82) is 0 Å². The number of halogens is 4. The maximum atomic E-state index is 3.46. The summed E-state index contributed by atoms with van der Waals surface area (Å²) in [5.74, 6) is 2.24. The second kappa shape index (κ2) is 16.6. The van der Waals surface area contributed by atoms with Gasteiger partial charge in [-0.1, -0.05) is 113 Å². The Morgan fingerprint density at radius 1 is 0.750 bits per heavy atom. The Balaban J connectivity index is 0.000000221. The van der Waals surface area contributed by atoms with Gasteiger partial charge in [0.2, 0.25) is 0 Å². The van der Waals surface area contributed by atoms with Gasteiger partial charge >= 0.3 is 128 Å². The van der Waals surface area contributed by atoms with E-state index in [0.717, 1.165) is 39.3 Å². The molecule has 0 radical (unpaired) electrons. The standard InChI is InChI=1S/C29H37.C13H8Br2.C5H5.2ClH.Hf/c1-18-25-22-17-19-13-9-10-14-20(19)24(22)21-15-11-12-16-23(21)29(25,8)28(6,7)27(4,5)26(18,2)3;14-12-5-1-10(2-6-12)9-11-3-7-13(15)8-4-11;1-2-4-5-3-1;;;/h9-11,13-15,23H,12,16-17H2,1-8H3;1-8H;1-5H;2*1H;/q-1;;-1;;;+2/p-2. The van der Waals surface area contributed by atoms with E-state index in [2.05, 4.69) is 172 Å². The molecule has 272 valence electrons. The van der Waals surface area contributed by atoms with Crippen molar-refractivity contribution in [3.63, 3.8) is 0 Å². The summed E-state index contributed by atoms with van der Waals surface area (Å²) in [5, 5.41) is 0. The van der Waals surface area contributed by atoms with Gasteiger partial charge in [0, 0.05) is 0 Å². The van der Waals surface area contributed by atoms with Crippen molar-refractivity contribution >= 4 is 40.7 Å². The molecule has 1 fully saturated rings. The van der Waals surface area contributed by atoms with Crippen molar-refractivity contribution in [3.05, 3.63) is 169 Å². The van der Waals surface area contributed by atoms with E-state index >= 15 is 0 Å². The molecule has 4 aliphatic rings. The van der Waals surface area contributed by atoms with E-state index in [-0.39, 0.29) is 46.5 Å². The first kappa shape index (κ1) is 43.1. The number of benzene rings is 3. The van der Waals surface area contributed by atoms with Gasteiger partial charge in [-0.2, -0.15) is 29.3 Å². The summed E-state index contributed by atoms with van der Waals surface area (Å²) >= 11 is 7.96. The molecule has 2 atom stereocenters. The van der Waals surface area contributed by atoms with Crippen molar-refractivity contribution in [3.8, 4) is 0 Å². The Kier molecular flexibility index (Phi) is 13.8. The smallest absolute Gasteiger partial charge is 0.00969 e. The average Bonchev–Trinajstić information content (AvgIpc) is 3.81. The number of hydrogen-bond donors (Lipinski definition) is 0. The Bertz CT molecular complexity index is 1900. The van der Waals surface area contributed by atoms with E-state index < -0.39 is 0 Å². The van der Waals surface area contributed by atoms with Gasteiger partial charge in [-0.3, -0.25) is 0 Å². The monoisotopic (exact) mass is 1020 g/mol. The fourth-order valence-electron chi connectivity index (χ4n) is 9.29. The van der Waals surface area contributed by atoms with E-state index in [1.807, 2.05) is 30.3 Å². The molecule has 52 heavy (non-hydrogen) atoms. The fourth-order valence-corrected chi connectivity index (χ4v) is 11.0. The van der Waals surface area contributed by atoms with Crippen LogP contribution in [-0.2, 0) is 30.3 Å². The van der Waals surface area contributed by atoms with E-state index in [4.69, 9.17) is 0 Å². The molecule has 4 aliphatic carbocycles. The normalized spacial score (nSPS) is 22.5. The minimum absolute atomic E-state index is 0. The van der Waals surface area contributed by atoms with Gasteiger partial charge in [0.25, 0.3) is 0 Å². The van der Waals surface area contributed by atoms with Crippen LogP contribution in [0, 0.1) is 33.5 Å². The van der Waals surface area contributed by atoms with Crippen LogP contribution in [0.1, 0.15) is 90.5 Å². The van der Waals surface area contributed by atoms with Crippen molar-refractivity contribution in [2.24, 2.45) is 27.6 Å². The molecular formula is C47H50Br2Cl2Hf-2. The third-order valence-electron chi connectivity index (χ3n) is 13.6. The predicted molar refractivity (Wildman–Crippen MR) is 218 cm³/mol. The zero-order chi connectivity index (χ0) is 36.1. The maximum absolute atomic E-state index is 3.46. The van der Waals surface area contributed by atoms with Crippen LogP contribution >= 0.6 is 31.9 Å². The number of rotatable bonds is 2. The predicted octanol–water partition coefficient (Wildman–Crippen LogP) is 7.71. The Morgan fingerprint density at radius 2 is 1.29 bits per heavy atom. The fraction of sp³-hybridized carbons (Fsp3) is 0.340. The first-order valence-corrected chi connectivity index (χ1v) is 21.4. The topological polar surface area (TPSA) is 0 Å².